The van der Waals surface area contributed by atoms with Crippen LogP contribution in [0.25, 0.3) is 5.69 Å². The van der Waals surface area contributed by atoms with E-state index in [9.17, 15) is 9.59 Å². The molecular weight excluding hydrogens is 312 g/mol. The number of nitrogens with one attached hydrogen (secondary N) is 1. The number of amides is 1. The molecule has 1 fully saturated rings. The first kappa shape index (κ1) is 16.1. The van der Waals surface area contributed by atoms with E-state index in [0.717, 1.165) is 5.69 Å². The number of hydrogen-bond donors (Lipinski definition) is 2. The molecule has 0 unspecified atom stereocenters. The lowest BCUT2D eigenvalue weighted by molar-refractivity contribution is -0.139. The summed E-state index contributed by atoms with van der Waals surface area (Å²) in [5.41, 5.74) is 0.555. The number of benzene rings is 1. The molecule has 1 amide bonds. The number of aliphatic carboxylic acids is 1. The van der Waals surface area contributed by atoms with Gasteiger partial charge in [0.1, 0.15) is 12.7 Å². The maximum atomic E-state index is 12.5. The van der Waals surface area contributed by atoms with Crippen molar-refractivity contribution in [1.82, 2.24) is 20.1 Å². The molecule has 2 aromatic rings. The van der Waals surface area contributed by atoms with Crippen LogP contribution in [-0.2, 0) is 9.53 Å². The Labute approximate surface area is 138 Å². The Kier molecular flexibility index (Phi) is 4.57. The molecule has 0 spiro atoms. The predicted molar refractivity (Wildman–Crippen MR) is 83.9 cm³/mol. The second-order valence-corrected chi connectivity index (χ2v) is 5.83. The molecule has 3 rings (SSSR count). The topological polar surface area (TPSA) is 106 Å². The Bertz CT molecular complexity index is 706. The van der Waals surface area contributed by atoms with Gasteiger partial charge in [-0.3, -0.25) is 14.2 Å². The Morgan fingerprint density at radius 3 is 2.38 bits per heavy atom. The van der Waals surface area contributed by atoms with Crippen molar-refractivity contribution in [2.75, 3.05) is 13.2 Å². The van der Waals surface area contributed by atoms with E-state index >= 15 is 0 Å². The Hall–Kier alpha value is -2.74. The first-order chi connectivity index (χ1) is 11.6. The smallest absolute Gasteiger partial charge is 0.305 e. The zero-order valence-corrected chi connectivity index (χ0v) is 13.0. The molecule has 2 N–H and O–H groups in total. The zero-order valence-electron chi connectivity index (χ0n) is 13.0. The van der Waals surface area contributed by atoms with Gasteiger partial charge in [-0.2, -0.15) is 0 Å². The minimum atomic E-state index is -0.930. The van der Waals surface area contributed by atoms with Crippen molar-refractivity contribution in [2.45, 2.75) is 24.8 Å². The van der Waals surface area contributed by atoms with E-state index in [2.05, 4.69) is 15.5 Å². The summed E-state index contributed by atoms with van der Waals surface area (Å²) in [5.74, 6) is -1.21. The second-order valence-electron chi connectivity index (χ2n) is 5.83. The standard InChI is InChI=1S/C16H18N4O4/c21-14(22)9-16(5-7-24-8-6-16)19-15(23)12-1-3-13(4-2-12)20-10-17-18-11-20/h1-4,10-11H,5-9H2,(H,19,23)(H,21,22). The van der Waals surface area contributed by atoms with Gasteiger partial charge in [0.2, 0.25) is 0 Å². The summed E-state index contributed by atoms with van der Waals surface area (Å²) in [6.45, 7) is 0.889. The molecule has 2 heterocycles. The van der Waals surface area contributed by atoms with Crippen LogP contribution in [0.15, 0.2) is 36.9 Å². The van der Waals surface area contributed by atoms with Gasteiger partial charge in [0.05, 0.1) is 12.0 Å². The predicted octanol–water partition coefficient (Wildman–Crippen LogP) is 1.02. The molecule has 126 valence electrons. The Morgan fingerprint density at radius 2 is 1.79 bits per heavy atom. The summed E-state index contributed by atoms with van der Waals surface area (Å²) >= 11 is 0. The number of rotatable bonds is 5. The monoisotopic (exact) mass is 330 g/mol. The van der Waals surface area contributed by atoms with Gasteiger partial charge in [0.25, 0.3) is 5.91 Å². The third-order valence-electron chi connectivity index (χ3n) is 4.16. The van der Waals surface area contributed by atoms with E-state index < -0.39 is 11.5 Å². The number of aromatic nitrogens is 3. The third kappa shape index (κ3) is 3.60. The summed E-state index contributed by atoms with van der Waals surface area (Å²) in [6.07, 6.45) is 4.01. The molecule has 1 aliphatic rings. The quantitative estimate of drug-likeness (QED) is 0.848. The molecule has 24 heavy (non-hydrogen) atoms. The number of hydrogen-bond acceptors (Lipinski definition) is 5. The van der Waals surface area contributed by atoms with Crippen LogP contribution in [0, 0.1) is 0 Å². The average molecular weight is 330 g/mol. The lowest BCUT2D eigenvalue weighted by Gasteiger charge is -2.36. The second kappa shape index (κ2) is 6.79. The molecule has 0 atom stereocenters. The van der Waals surface area contributed by atoms with Gasteiger partial charge < -0.3 is 15.2 Å². The first-order valence-corrected chi connectivity index (χ1v) is 7.65. The highest BCUT2D eigenvalue weighted by atomic mass is 16.5. The van der Waals surface area contributed by atoms with Gasteiger partial charge in [-0.05, 0) is 37.1 Å². The number of carboxylic acids is 1. The molecule has 0 aliphatic carbocycles. The average Bonchev–Trinajstić information content (AvgIpc) is 3.09. The zero-order chi connectivity index (χ0) is 17.0. The number of carbonyl (C=O) groups is 2. The van der Waals surface area contributed by atoms with Crippen molar-refractivity contribution >= 4 is 11.9 Å². The van der Waals surface area contributed by atoms with E-state index in [-0.39, 0.29) is 12.3 Å². The highest BCUT2D eigenvalue weighted by molar-refractivity contribution is 5.95. The molecule has 0 saturated carbocycles. The van der Waals surface area contributed by atoms with Crippen LogP contribution < -0.4 is 5.32 Å². The summed E-state index contributed by atoms with van der Waals surface area (Å²) in [4.78, 5) is 23.7. The Morgan fingerprint density at radius 1 is 1.17 bits per heavy atom. The SMILES string of the molecule is O=C(O)CC1(NC(=O)c2ccc(-n3cnnc3)cc2)CCOCC1. The maximum Gasteiger partial charge on any atom is 0.305 e. The molecule has 8 heteroatoms. The number of ether oxygens (including phenoxy) is 1. The van der Waals surface area contributed by atoms with E-state index in [1.807, 2.05) is 0 Å². The summed E-state index contributed by atoms with van der Waals surface area (Å²) in [7, 11) is 0. The third-order valence-corrected chi connectivity index (χ3v) is 4.16. The van der Waals surface area contributed by atoms with Crippen molar-refractivity contribution in [3.63, 3.8) is 0 Å². The van der Waals surface area contributed by atoms with E-state index in [0.29, 0.717) is 31.6 Å². The number of nitrogens with zero attached hydrogens (tertiary/aromatic N) is 3. The van der Waals surface area contributed by atoms with Crippen molar-refractivity contribution in [3.05, 3.63) is 42.5 Å². The van der Waals surface area contributed by atoms with Crippen LogP contribution in [0.3, 0.4) is 0 Å². The van der Waals surface area contributed by atoms with Crippen molar-refractivity contribution < 1.29 is 19.4 Å². The maximum absolute atomic E-state index is 12.5. The van der Waals surface area contributed by atoms with Crippen LogP contribution in [-0.4, -0.2) is 50.5 Å². The molecule has 1 saturated heterocycles. The molecule has 0 radical (unpaired) electrons. The van der Waals surface area contributed by atoms with Gasteiger partial charge in [-0.25, -0.2) is 0 Å². The number of carbonyl (C=O) groups excluding carboxylic acids is 1. The molecule has 0 bridgehead atoms. The van der Waals surface area contributed by atoms with Gasteiger partial charge >= 0.3 is 5.97 Å². The van der Waals surface area contributed by atoms with Crippen LogP contribution >= 0.6 is 0 Å². The van der Waals surface area contributed by atoms with Crippen LogP contribution in [0.2, 0.25) is 0 Å². The molecular formula is C16H18N4O4. The summed E-state index contributed by atoms with van der Waals surface area (Å²) < 4.78 is 7.02. The fraction of sp³-hybridized carbons (Fsp3) is 0.375. The van der Waals surface area contributed by atoms with E-state index in [1.54, 1.807) is 41.5 Å². The summed E-state index contributed by atoms with van der Waals surface area (Å²) in [6, 6.07) is 6.95. The molecule has 1 aromatic heterocycles. The van der Waals surface area contributed by atoms with Crippen molar-refractivity contribution in [2.24, 2.45) is 0 Å². The van der Waals surface area contributed by atoms with Crippen molar-refractivity contribution in [1.29, 1.82) is 0 Å². The fourth-order valence-electron chi connectivity index (χ4n) is 2.83. The van der Waals surface area contributed by atoms with Gasteiger partial charge in [0.15, 0.2) is 0 Å². The highest BCUT2D eigenvalue weighted by Crippen LogP contribution is 2.25. The molecule has 1 aromatic carbocycles. The van der Waals surface area contributed by atoms with Gasteiger partial charge in [-0.15, -0.1) is 10.2 Å². The highest BCUT2D eigenvalue weighted by Gasteiger charge is 2.36. The van der Waals surface area contributed by atoms with E-state index in [1.165, 1.54) is 0 Å². The molecule has 1 aliphatic heterocycles. The van der Waals surface area contributed by atoms with Crippen molar-refractivity contribution in [3.8, 4) is 5.69 Å². The first-order valence-electron chi connectivity index (χ1n) is 7.65. The lowest BCUT2D eigenvalue weighted by atomic mass is 9.86. The van der Waals surface area contributed by atoms with Crippen LogP contribution in [0.1, 0.15) is 29.6 Å². The fourth-order valence-corrected chi connectivity index (χ4v) is 2.83. The summed E-state index contributed by atoms with van der Waals surface area (Å²) in [5, 5.41) is 19.5. The largest absolute Gasteiger partial charge is 0.481 e. The lowest BCUT2D eigenvalue weighted by Crippen LogP contribution is -2.53. The molecule has 8 nitrogen and oxygen atoms in total. The minimum Gasteiger partial charge on any atom is -0.481 e. The van der Waals surface area contributed by atoms with Crippen LogP contribution in [0.5, 0.6) is 0 Å². The number of carboxylic acid groups (broad SMARTS) is 1. The normalized spacial score (nSPS) is 16.5. The van der Waals surface area contributed by atoms with Gasteiger partial charge in [0, 0.05) is 24.5 Å². The van der Waals surface area contributed by atoms with E-state index in [4.69, 9.17) is 9.84 Å². The Balaban J connectivity index is 1.74. The van der Waals surface area contributed by atoms with Gasteiger partial charge in [-0.1, -0.05) is 0 Å². The minimum absolute atomic E-state index is 0.110. The van der Waals surface area contributed by atoms with Crippen LogP contribution in [0.4, 0.5) is 0 Å².